The van der Waals surface area contributed by atoms with Crippen LogP contribution in [0.5, 0.6) is 0 Å². The molecular weight excluding hydrogens is 352 g/mol. The maximum absolute atomic E-state index is 12.7. The maximum Gasteiger partial charge on any atom is 0.256 e. The monoisotopic (exact) mass is 370 g/mol. The highest BCUT2D eigenvalue weighted by atomic mass is 16.3. The summed E-state index contributed by atoms with van der Waals surface area (Å²) in [5.74, 6) is 1.06. The third-order valence-corrected chi connectivity index (χ3v) is 5.04. The Labute approximate surface area is 161 Å². The number of hydrogen-bond donors (Lipinski definition) is 2. The number of fused-ring (bicyclic) bond motifs is 2. The molecule has 1 aliphatic heterocycles. The summed E-state index contributed by atoms with van der Waals surface area (Å²) in [6.45, 7) is 1.78. The first-order chi connectivity index (χ1) is 13.8. The van der Waals surface area contributed by atoms with Gasteiger partial charge in [-0.3, -0.25) is 4.79 Å². The van der Waals surface area contributed by atoms with E-state index in [4.69, 9.17) is 4.42 Å². The molecule has 138 valence electrons. The number of pyridine rings is 1. The van der Waals surface area contributed by atoms with Gasteiger partial charge < -0.3 is 15.1 Å². The standard InChI is InChI=1S/C22H18N4O2/c27-22(16-3-1-14-5-6-23-10-19(14)8-16)26-21-9-18-7-15(20-12-24-13-28-20)2-4-17(18)11-25-21/h1-4,7-9,11-13,23H,5-6,10H2,(H,25,26,27). The van der Waals surface area contributed by atoms with E-state index in [9.17, 15) is 4.79 Å². The second-order valence-corrected chi connectivity index (χ2v) is 6.86. The predicted molar refractivity (Wildman–Crippen MR) is 107 cm³/mol. The molecule has 1 amide bonds. The minimum atomic E-state index is -0.161. The molecule has 0 aliphatic carbocycles. The fourth-order valence-corrected chi connectivity index (χ4v) is 3.53. The zero-order chi connectivity index (χ0) is 18.9. The highest BCUT2D eigenvalue weighted by molar-refractivity contribution is 6.04. The van der Waals surface area contributed by atoms with E-state index in [1.54, 1.807) is 12.4 Å². The number of carbonyl (C=O) groups is 1. The first kappa shape index (κ1) is 16.6. The van der Waals surface area contributed by atoms with Gasteiger partial charge in [0.25, 0.3) is 5.91 Å². The van der Waals surface area contributed by atoms with Gasteiger partial charge in [-0.15, -0.1) is 0 Å². The van der Waals surface area contributed by atoms with Gasteiger partial charge in [-0.1, -0.05) is 18.2 Å². The lowest BCUT2D eigenvalue weighted by Crippen LogP contribution is -2.24. The van der Waals surface area contributed by atoms with Crippen molar-refractivity contribution in [1.82, 2.24) is 15.3 Å². The summed E-state index contributed by atoms with van der Waals surface area (Å²) < 4.78 is 5.36. The number of nitrogens with one attached hydrogen (secondary N) is 2. The summed E-state index contributed by atoms with van der Waals surface area (Å²) >= 11 is 0. The number of benzene rings is 2. The number of anilines is 1. The van der Waals surface area contributed by atoms with Crippen LogP contribution in [0.15, 0.2) is 65.7 Å². The molecule has 2 aromatic heterocycles. The number of hydrogen-bond acceptors (Lipinski definition) is 5. The highest BCUT2D eigenvalue weighted by Gasteiger charge is 2.13. The zero-order valence-corrected chi connectivity index (χ0v) is 15.1. The number of nitrogens with zero attached hydrogens (tertiary/aromatic N) is 2. The first-order valence-electron chi connectivity index (χ1n) is 9.19. The van der Waals surface area contributed by atoms with Gasteiger partial charge in [0.05, 0.1) is 6.20 Å². The fourth-order valence-electron chi connectivity index (χ4n) is 3.53. The van der Waals surface area contributed by atoms with Crippen LogP contribution < -0.4 is 10.6 Å². The second-order valence-electron chi connectivity index (χ2n) is 6.86. The van der Waals surface area contributed by atoms with Crippen molar-refractivity contribution in [2.75, 3.05) is 11.9 Å². The number of oxazole rings is 1. The van der Waals surface area contributed by atoms with E-state index in [0.717, 1.165) is 35.8 Å². The van der Waals surface area contributed by atoms with Crippen LogP contribution in [0.4, 0.5) is 5.82 Å². The van der Waals surface area contributed by atoms with Gasteiger partial charge in [0.1, 0.15) is 5.82 Å². The maximum atomic E-state index is 12.7. The molecule has 0 unspecified atom stereocenters. The van der Waals surface area contributed by atoms with Gasteiger partial charge in [-0.2, -0.15) is 0 Å². The van der Waals surface area contributed by atoms with Gasteiger partial charge >= 0.3 is 0 Å². The molecule has 0 fully saturated rings. The topological polar surface area (TPSA) is 80.1 Å². The summed E-state index contributed by atoms with van der Waals surface area (Å²) in [4.78, 5) is 21.0. The third kappa shape index (κ3) is 3.14. The lowest BCUT2D eigenvalue weighted by Gasteiger charge is -2.17. The minimum absolute atomic E-state index is 0.161. The third-order valence-electron chi connectivity index (χ3n) is 5.04. The van der Waals surface area contributed by atoms with Crippen LogP contribution in [0.3, 0.4) is 0 Å². The van der Waals surface area contributed by atoms with Crippen LogP contribution in [0.1, 0.15) is 21.5 Å². The van der Waals surface area contributed by atoms with Crippen LogP contribution in [0.25, 0.3) is 22.1 Å². The molecule has 5 rings (SSSR count). The summed E-state index contributed by atoms with van der Waals surface area (Å²) in [6.07, 6.45) is 5.84. The van der Waals surface area contributed by atoms with E-state index < -0.39 is 0 Å². The number of amides is 1. The van der Waals surface area contributed by atoms with Gasteiger partial charge in [-0.05, 0) is 53.7 Å². The molecule has 1 aliphatic rings. The summed E-state index contributed by atoms with van der Waals surface area (Å²) in [5, 5.41) is 8.20. The van der Waals surface area contributed by atoms with Crippen molar-refractivity contribution >= 4 is 22.5 Å². The van der Waals surface area contributed by atoms with Crippen LogP contribution in [-0.2, 0) is 13.0 Å². The van der Waals surface area contributed by atoms with E-state index in [2.05, 4.69) is 20.6 Å². The molecule has 0 atom stereocenters. The average molecular weight is 370 g/mol. The Morgan fingerprint density at radius 3 is 2.89 bits per heavy atom. The van der Waals surface area contributed by atoms with Gasteiger partial charge in [0.2, 0.25) is 0 Å². The van der Waals surface area contributed by atoms with E-state index in [1.165, 1.54) is 17.5 Å². The number of carbonyl (C=O) groups excluding carboxylic acids is 1. The number of rotatable bonds is 3. The predicted octanol–water partition coefficient (Wildman–Crippen LogP) is 3.79. The molecule has 0 radical (unpaired) electrons. The van der Waals surface area contributed by atoms with E-state index in [-0.39, 0.29) is 5.91 Å². The van der Waals surface area contributed by atoms with Crippen LogP contribution in [-0.4, -0.2) is 22.4 Å². The Hall–Kier alpha value is -3.51. The fraction of sp³-hybridized carbons (Fsp3) is 0.136. The SMILES string of the molecule is O=C(Nc1cc2cc(-c3cnco3)ccc2cn1)c1ccc2c(c1)CNCC2. The molecule has 28 heavy (non-hydrogen) atoms. The van der Waals surface area contributed by atoms with Crippen LogP contribution >= 0.6 is 0 Å². The van der Waals surface area contributed by atoms with Gasteiger partial charge in [0.15, 0.2) is 12.2 Å². The molecule has 0 bridgehead atoms. The molecule has 4 aromatic rings. The van der Waals surface area contributed by atoms with Gasteiger partial charge in [0, 0.05) is 29.3 Å². The molecule has 6 nitrogen and oxygen atoms in total. The zero-order valence-electron chi connectivity index (χ0n) is 15.1. The summed E-state index contributed by atoms with van der Waals surface area (Å²) in [5.41, 5.74) is 4.05. The van der Waals surface area contributed by atoms with Crippen LogP contribution in [0, 0.1) is 0 Å². The Balaban J connectivity index is 1.42. The van der Waals surface area contributed by atoms with Gasteiger partial charge in [-0.25, -0.2) is 9.97 Å². The van der Waals surface area contributed by atoms with Crippen LogP contribution in [0.2, 0.25) is 0 Å². The Kier molecular flexibility index (Phi) is 4.10. The van der Waals surface area contributed by atoms with E-state index >= 15 is 0 Å². The van der Waals surface area contributed by atoms with Crippen molar-refractivity contribution in [3.8, 4) is 11.3 Å². The summed E-state index contributed by atoms with van der Waals surface area (Å²) in [7, 11) is 0. The quantitative estimate of drug-likeness (QED) is 0.574. The Morgan fingerprint density at radius 2 is 2.00 bits per heavy atom. The lowest BCUT2D eigenvalue weighted by atomic mass is 9.98. The smallest absolute Gasteiger partial charge is 0.256 e. The molecule has 2 N–H and O–H groups in total. The molecule has 2 aromatic carbocycles. The van der Waals surface area contributed by atoms with Crippen molar-refractivity contribution < 1.29 is 9.21 Å². The Morgan fingerprint density at radius 1 is 1.04 bits per heavy atom. The van der Waals surface area contributed by atoms with Crippen molar-refractivity contribution in [1.29, 1.82) is 0 Å². The molecule has 0 spiro atoms. The molecule has 0 saturated carbocycles. The van der Waals surface area contributed by atoms with E-state index in [0.29, 0.717) is 17.1 Å². The molecule has 6 heteroatoms. The highest BCUT2D eigenvalue weighted by Crippen LogP contribution is 2.25. The minimum Gasteiger partial charge on any atom is -0.444 e. The Bertz CT molecular complexity index is 1170. The van der Waals surface area contributed by atoms with Crippen molar-refractivity contribution in [2.24, 2.45) is 0 Å². The molecular formula is C22H18N4O2. The lowest BCUT2D eigenvalue weighted by molar-refractivity contribution is 0.102. The normalized spacial score (nSPS) is 13.3. The average Bonchev–Trinajstić information content (AvgIpc) is 3.28. The van der Waals surface area contributed by atoms with Crippen molar-refractivity contribution in [3.05, 3.63) is 77.9 Å². The largest absolute Gasteiger partial charge is 0.444 e. The van der Waals surface area contributed by atoms with Crippen molar-refractivity contribution in [3.63, 3.8) is 0 Å². The molecule has 3 heterocycles. The van der Waals surface area contributed by atoms with E-state index in [1.807, 2.05) is 42.5 Å². The number of aromatic nitrogens is 2. The molecule has 0 saturated heterocycles. The first-order valence-corrected chi connectivity index (χ1v) is 9.19. The summed E-state index contributed by atoms with van der Waals surface area (Å²) in [6, 6.07) is 13.7. The van der Waals surface area contributed by atoms with Crippen molar-refractivity contribution in [2.45, 2.75) is 13.0 Å². The second kappa shape index (κ2) is 6.90.